The second-order valence-electron chi connectivity index (χ2n) is 6.85. The molecule has 1 amide bonds. The van der Waals surface area contributed by atoms with Gasteiger partial charge in [0, 0.05) is 31.4 Å². The Morgan fingerprint density at radius 2 is 2.15 bits per heavy atom. The van der Waals surface area contributed by atoms with E-state index in [0.717, 1.165) is 11.3 Å². The normalized spacial score (nSPS) is 18.6. The Morgan fingerprint density at radius 3 is 2.93 bits per heavy atom. The van der Waals surface area contributed by atoms with Crippen LogP contribution in [-0.2, 0) is 11.2 Å². The number of carbonyl (C=O) groups excluding carboxylic acids is 1. The van der Waals surface area contributed by atoms with Gasteiger partial charge in [-0.15, -0.1) is 0 Å². The number of benzene rings is 1. The number of hydrogen-bond donors (Lipinski definition) is 1. The van der Waals surface area contributed by atoms with Crippen molar-refractivity contribution in [2.75, 3.05) is 35.3 Å². The monoisotopic (exact) mass is 393 g/mol. The molecule has 0 radical (unpaired) electrons. The maximum atomic E-state index is 13.7. The van der Waals surface area contributed by atoms with Crippen molar-refractivity contribution in [1.82, 2.24) is 9.97 Å². The number of nitrogens with zero attached hydrogens (tertiary/aromatic N) is 4. The fourth-order valence-electron chi connectivity index (χ4n) is 3.42. The van der Waals surface area contributed by atoms with Crippen LogP contribution in [0.1, 0.15) is 18.4 Å². The topological polar surface area (TPSA) is 61.4 Å². The molecule has 4 rings (SSSR count). The number of aromatic nitrogens is 2. The molecule has 2 aliphatic rings. The molecule has 2 aliphatic heterocycles. The predicted molar refractivity (Wildman–Crippen MR) is 100 cm³/mol. The first-order chi connectivity index (χ1) is 12.8. The highest BCUT2D eigenvalue weighted by Crippen LogP contribution is 2.33. The highest BCUT2D eigenvalue weighted by molar-refractivity contribution is 6.32. The highest BCUT2D eigenvalue weighted by atomic mass is 35.5. The number of alkyl halides is 2. The molecule has 2 aromatic rings. The van der Waals surface area contributed by atoms with Crippen LogP contribution in [0.5, 0.6) is 0 Å². The fourth-order valence-corrected chi connectivity index (χ4v) is 3.56. The summed E-state index contributed by atoms with van der Waals surface area (Å²) in [7, 11) is 1.74. The van der Waals surface area contributed by atoms with Crippen molar-refractivity contribution in [2.24, 2.45) is 0 Å². The Labute approximate surface area is 160 Å². The number of fused-ring (bicyclic) bond motifs is 1. The highest BCUT2D eigenvalue weighted by Gasteiger charge is 2.36. The van der Waals surface area contributed by atoms with E-state index in [-0.39, 0.29) is 23.3 Å². The van der Waals surface area contributed by atoms with Gasteiger partial charge in [-0.2, -0.15) is 4.98 Å². The number of anilines is 4. The van der Waals surface area contributed by atoms with E-state index in [4.69, 9.17) is 11.6 Å². The Morgan fingerprint density at radius 1 is 1.33 bits per heavy atom. The third-order valence-corrected chi connectivity index (χ3v) is 5.10. The van der Waals surface area contributed by atoms with E-state index in [2.05, 4.69) is 15.3 Å². The van der Waals surface area contributed by atoms with Gasteiger partial charge in [0.15, 0.2) is 5.82 Å². The molecule has 27 heavy (non-hydrogen) atoms. The number of hydrogen-bond acceptors (Lipinski definition) is 5. The van der Waals surface area contributed by atoms with Gasteiger partial charge in [-0.3, -0.25) is 4.79 Å². The van der Waals surface area contributed by atoms with Crippen LogP contribution in [0.25, 0.3) is 0 Å². The summed E-state index contributed by atoms with van der Waals surface area (Å²) in [6, 6.07) is 5.54. The number of rotatable bonds is 3. The summed E-state index contributed by atoms with van der Waals surface area (Å²) < 4.78 is 27.4. The van der Waals surface area contributed by atoms with Gasteiger partial charge in [-0.25, -0.2) is 13.8 Å². The molecular weight excluding hydrogens is 376 g/mol. The predicted octanol–water partition coefficient (Wildman–Crippen LogP) is 3.63. The van der Waals surface area contributed by atoms with E-state index in [1.807, 2.05) is 18.2 Å². The SMILES string of the molecule is CN1C(=O)Cc2cc(Nc3nc(N4CCCC(F)(F)C4)ncc3Cl)ccc21. The first kappa shape index (κ1) is 17.9. The molecule has 1 aromatic carbocycles. The van der Waals surface area contributed by atoms with E-state index in [9.17, 15) is 13.6 Å². The van der Waals surface area contributed by atoms with Crippen LogP contribution in [-0.4, -0.2) is 41.9 Å². The lowest BCUT2D eigenvalue weighted by atomic mass is 10.1. The summed E-state index contributed by atoms with van der Waals surface area (Å²) in [5.41, 5.74) is 2.50. The number of halogens is 3. The van der Waals surface area contributed by atoms with Crippen LogP contribution in [0.3, 0.4) is 0 Å². The lowest BCUT2D eigenvalue weighted by Gasteiger charge is -2.32. The second-order valence-corrected chi connectivity index (χ2v) is 7.25. The molecular formula is C18H18ClF2N5O. The minimum atomic E-state index is -2.74. The molecule has 9 heteroatoms. The minimum Gasteiger partial charge on any atom is -0.339 e. The number of amides is 1. The van der Waals surface area contributed by atoms with Crippen molar-refractivity contribution in [3.05, 3.63) is 35.0 Å². The van der Waals surface area contributed by atoms with Gasteiger partial charge in [-0.1, -0.05) is 11.6 Å². The quantitative estimate of drug-likeness (QED) is 0.862. The maximum absolute atomic E-state index is 13.7. The summed E-state index contributed by atoms with van der Waals surface area (Å²) in [5.74, 6) is -2.14. The molecule has 0 atom stereocenters. The fraction of sp³-hybridized carbons (Fsp3) is 0.389. The second kappa shape index (κ2) is 6.60. The van der Waals surface area contributed by atoms with Gasteiger partial charge in [0.25, 0.3) is 5.92 Å². The zero-order valence-electron chi connectivity index (χ0n) is 14.7. The van der Waals surface area contributed by atoms with Crippen LogP contribution in [0, 0.1) is 0 Å². The third-order valence-electron chi connectivity index (χ3n) is 4.83. The molecule has 1 saturated heterocycles. The van der Waals surface area contributed by atoms with Crippen LogP contribution < -0.4 is 15.1 Å². The molecule has 0 unspecified atom stereocenters. The smallest absolute Gasteiger partial charge is 0.265 e. The van der Waals surface area contributed by atoms with Crippen LogP contribution >= 0.6 is 11.6 Å². The molecule has 142 valence electrons. The van der Waals surface area contributed by atoms with Crippen molar-refractivity contribution in [3.8, 4) is 0 Å². The van der Waals surface area contributed by atoms with Gasteiger partial charge in [0.05, 0.1) is 19.2 Å². The van der Waals surface area contributed by atoms with Crippen molar-refractivity contribution in [1.29, 1.82) is 0 Å². The number of piperidine rings is 1. The standard InChI is InChI=1S/C18H18ClF2N5O/c1-25-14-4-3-12(7-11(14)8-15(25)27)23-16-13(19)9-22-17(24-16)26-6-2-5-18(20,21)10-26/h3-4,7,9H,2,5-6,8,10H2,1H3,(H,22,23,24). The molecule has 6 nitrogen and oxygen atoms in total. The van der Waals surface area contributed by atoms with Crippen molar-refractivity contribution >= 4 is 40.6 Å². The summed E-state index contributed by atoms with van der Waals surface area (Å²) in [6.45, 7) is 0.0747. The van der Waals surface area contributed by atoms with Crippen LogP contribution in [0.4, 0.5) is 31.9 Å². The van der Waals surface area contributed by atoms with Gasteiger partial charge >= 0.3 is 0 Å². The molecule has 0 aliphatic carbocycles. The van der Waals surface area contributed by atoms with Gasteiger partial charge in [-0.05, 0) is 30.2 Å². The number of carbonyl (C=O) groups is 1. The van der Waals surface area contributed by atoms with E-state index < -0.39 is 12.5 Å². The Bertz CT molecular complexity index is 907. The average molecular weight is 394 g/mol. The average Bonchev–Trinajstić information content (AvgIpc) is 2.90. The van der Waals surface area contributed by atoms with Crippen molar-refractivity contribution in [2.45, 2.75) is 25.2 Å². The summed E-state index contributed by atoms with van der Waals surface area (Å²) >= 11 is 6.19. The Kier molecular flexibility index (Phi) is 4.38. The zero-order chi connectivity index (χ0) is 19.2. The number of nitrogens with one attached hydrogen (secondary N) is 1. The summed E-state index contributed by atoms with van der Waals surface area (Å²) in [5, 5.41) is 3.39. The van der Waals surface area contributed by atoms with E-state index in [1.54, 1.807) is 11.9 Å². The summed E-state index contributed by atoms with van der Waals surface area (Å²) in [4.78, 5) is 23.4. The van der Waals surface area contributed by atoms with Crippen molar-refractivity contribution in [3.63, 3.8) is 0 Å². The molecule has 1 aromatic heterocycles. The lowest BCUT2D eigenvalue weighted by molar-refractivity contribution is -0.117. The molecule has 1 fully saturated rings. The Hall–Kier alpha value is -2.48. The van der Waals surface area contributed by atoms with Gasteiger partial charge in [0.2, 0.25) is 11.9 Å². The molecule has 0 saturated carbocycles. The molecule has 1 N–H and O–H groups in total. The maximum Gasteiger partial charge on any atom is 0.265 e. The van der Waals surface area contributed by atoms with Crippen LogP contribution in [0.15, 0.2) is 24.4 Å². The van der Waals surface area contributed by atoms with Gasteiger partial charge in [0.1, 0.15) is 5.02 Å². The Balaban J connectivity index is 1.58. The van der Waals surface area contributed by atoms with E-state index in [0.29, 0.717) is 30.9 Å². The van der Waals surface area contributed by atoms with Crippen molar-refractivity contribution < 1.29 is 13.6 Å². The van der Waals surface area contributed by atoms with Crippen LogP contribution in [0.2, 0.25) is 5.02 Å². The third kappa shape index (κ3) is 3.53. The number of likely N-dealkylation sites (N-methyl/N-ethyl adjacent to an activating group) is 1. The van der Waals surface area contributed by atoms with Gasteiger partial charge < -0.3 is 15.1 Å². The largest absolute Gasteiger partial charge is 0.339 e. The molecule has 0 spiro atoms. The zero-order valence-corrected chi connectivity index (χ0v) is 15.4. The first-order valence-electron chi connectivity index (χ1n) is 8.64. The summed E-state index contributed by atoms with van der Waals surface area (Å²) in [6.07, 6.45) is 2.01. The molecule has 3 heterocycles. The van der Waals surface area contributed by atoms with E-state index >= 15 is 0 Å². The first-order valence-corrected chi connectivity index (χ1v) is 9.02. The van der Waals surface area contributed by atoms with E-state index in [1.165, 1.54) is 11.1 Å². The molecule has 0 bridgehead atoms. The lowest BCUT2D eigenvalue weighted by Crippen LogP contribution is -2.43. The minimum absolute atomic E-state index is 0.0375.